The van der Waals surface area contributed by atoms with Gasteiger partial charge in [-0.15, -0.1) is 0 Å². The lowest BCUT2D eigenvalue weighted by Gasteiger charge is -2.40. The van der Waals surface area contributed by atoms with Crippen LogP contribution in [-0.2, 0) is 10.3 Å². The highest BCUT2D eigenvalue weighted by molar-refractivity contribution is 6.01. The molecule has 0 aromatic carbocycles. The van der Waals surface area contributed by atoms with Crippen LogP contribution in [0.2, 0.25) is 0 Å². The summed E-state index contributed by atoms with van der Waals surface area (Å²) in [5.74, 6) is 0. The molecule has 1 aliphatic heterocycles. The molecule has 0 aliphatic carbocycles. The van der Waals surface area contributed by atoms with Crippen molar-refractivity contribution in [3.63, 3.8) is 0 Å². The molecule has 0 radical (unpaired) electrons. The molecule has 1 aliphatic rings. The first-order valence-corrected chi connectivity index (χ1v) is 9.04. The molecule has 26 heavy (non-hydrogen) atoms. The SMILES string of the molecule is CC(C)(C)OC(=O)N1CCC(C)(n2cnc3cnc4[nH]ccc4c32)CC1. The van der Waals surface area contributed by atoms with Crippen LogP contribution in [0.25, 0.3) is 22.1 Å². The molecule has 3 aromatic rings. The van der Waals surface area contributed by atoms with Crippen molar-refractivity contribution in [1.29, 1.82) is 0 Å². The Morgan fingerprint density at radius 3 is 2.69 bits per heavy atom. The number of carbonyl (C=O) groups is 1. The summed E-state index contributed by atoms with van der Waals surface area (Å²) in [6.07, 6.45) is 7.10. The largest absolute Gasteiger partial charge is 0.444 e. The number of aromatic nitrogens is 4. The van der Waals surface area contributed by atoms with Crippen LogP contribution in [0.5, 0.6) is 0 Å². The standard InChI is InChI=1S/C19H25N5O2/c1-18(2,3)26-17(25)23-9-6-19(4,7-10-23)24-12-22-14-11-21-16-13(15(14)24)5-8-20-16/h5,8,11-12H,6-7,9-10H2,1-4H3,(H,20,21). The number of hydrogen-bond donors (Lipinski definition) is 1. The Bertz CT molecular complexity index is 957. The van der Waals surface area contributed by atoms with Gasteiger partial charge in [0.15, 0.2) is 0 Å². The molecule has 0 saturated carbocycles. The van der Waals surface area contributed by atoms with E-state index in [4.69, 9.17) is 4.74 Å². The normalized spacial score (nSPS) is 17.8. The monoisotopic (exact) mass is 355 g/mol. The third-order valence-corrected chi connectivity index (χ3v) is 5.17. The third-order valence-electron chi connectivity index (χ3n) is 5.17. The summed E-state index contributed by atoms with van der Waals surface area (Å²) in [5.41, 5.74) is 2.30. The molecule has 1 saturated heterocycles. The highest BCUT2D eigenvalue weighted by atomic mass is 16.6. The molecule has 0 atom stereocenters. The molecule has 0 bridgehead atoms. The van der Waals surface area contributed by atoms with Crippen molar-refractivity contribution in [2.75, 3.05) is 13.1 Å². The van der Waals surface area contributed by atoms with Crippen molar-refractivity contribution >= 4 is 28.2 Å². The molecule has 0 spiro atoms. The predicted octanol–water partition coefficient (Wildman–Crippen LogP) is 3.66. The Kier molecular flexibility index (Phi) is 3.71. The molecular formula is C19H25N5O2. The number of fused-ring (bicyclic) bond motifs is 3. The average Bonchev–Trinajstić information content (AvgIpc) is 3.20. The summed E-state index contributed by atoms with van der Waals surface area (Å²) in [6.45, 7) is 9.27. The molecular weight excluding hydrogens is 330 g/mol. The summed E-state index contributed by atoms with van der Waals surface area (Å²) in [7, 11) is 0. The van der Waals surface area contributed by atoms with Gasteiger partial charge in [-0.25, -0.2) is 14.8 Å². The number of H-pyrrole nitrogens is 1. The van der Waals surface area contributed by atoms with Crippen LogP contribution in [-0.4, -0.2) is 49.2 Å². The fourth-order valence-corrected chi connectivity index (χ4v) is 3.66. The van der Waals surface area contributed by atoms with Crippen molar-refractivity contribution in [1.82, 2.24) is 24.4 Å². The van der Waals surface area contributed by atoms with Crippen LogP contribution < -0.4 is 0 Å². The second-order valence-corrected chi connectivity index (χ2v) is 8.31. The number of aromatic amines is 1. The lowest BCUT2D eigenvalue weighted by Crippen LogP contribution is -2.47. The van der Waals surface area contributed by atoms with E-state index in [0.29, 0.717) is 13.1 Å². The number of nitrogens with zero attached hydrogens (tertiary/aromatic N) is 4. The number of amides is 1. The maximum atomic E-state index is 12.3. The molecule has 4 heterocycles. The highest BCUT2D eigenvalue weighted by Gasteiger charge is 2.36. The van der Waals surface area contributed by atoms with E-state index >= 15 is 0 Å². The minimum atomic E-state index is -0.467. The second kappa shape index (κ2) is 5.72. The van der Waals surface area contributed by atoms with E-state index in [1.807, 2.05) is 45.6 Å². The predicted molar refractivity (Wildman–Crippen MR) is 100 cm³/mol. The third kappa shape index (κ3) is 2.81. The Labute approximate surface area is 152 Å². The molecule has 7 heteroatoms. The number of likely N-dealkylation sites (tertiary alicyclic amines) is 1. The first kappa shape index (κ1) is 16.9. The van der Waals surface area contributed by atoms with Gasteiger partial charge in [0.25, 0.3) is 0 Å². The zero-order chi connectivity index (χ0) is 18.5. The molecule has 1 N–H and O–H groups in total. The van der Waals surface area contributed by atoms with Crippen LogP contribution in [0.3, 0.4) is 0 Å². The fraction of sp³-hybridized carbons (Fsp3) is 0.526. The number of piperidine rings is 1. The zero-order valence-electron chi connectivity index (χ0n) is 15.7. The summed E-state index contributed by atoms with van der Waals surface area (Å²) >= 11 is 0. The van der Waals surface area contributed by atoms with Gasteiger partial charge in [0.2, 0.25) is 0 Å². The molecule has 0 unspecified atom stereocenters. The molecule has 1 amide bonds. The minimum Gasteiger partial charge on any atom is -0.444 e. The maximum Gasteiger partial charge on any atom is 0.410 e. The summed E-state index contributed by atoms with van der Waals surface area (Å²) in [4.78, 5) is 26.3. The van der Waals surface area contributed by atoms with E-state index in [2.05, 4.69) is 26.4 Å². The Morgan fingerprint density at radius 1 is 1.27 bits per heavy atom. The van der Waals surface area contributed by atoms with Gasteiger partial charge in [0, 0.05) is 30.2 Å². The summed E-state index contributed by atoms with van der Waals surface area (Å²) < 4.78 is 7.77. The fourth-order valence-electron chi connectivity index (χ4n) is 3.66. The average molecular weight is 355 g/mol. The van der Waals surface area contributed by atoms with Crippen LogP contribution in [0.15, 0.2) is 24.8 Å². The van der Waals surface area contributed by atoms with Crippen molar-refractivity contribution in [2.45, 2.75) is 51.7 Å². The summed E-state index contributed by atoms with van der Waals surface area (Å²) in [5, 5.41) is 1.08. The molecule has 1 fully saturated rings. The topological polar surface area (TPSA) is 76.0 Å². The van der Waals surface area contributed by atoms with Gasteiger partial charge in [0.1, 0.15) is 16.8 Å². The molecule has 3 aromatic heterocycles. The van der Waals surface area contributed by atoms with Gasteiger partial charge in [0.05, 0.1) is 18.0 Å². The van der Waals surface area contributed by atoms with Gasteiger partial charge >= 0.3 is 6.09 Å². The quantitative estimate of drug-likeness (QED) is 0.723. The second-order valence-electron chi connectivity index (χ2n) is 8.31. The van der Waals surface area contributed by atoms with Gasteiger partial charge in [-0.2, -0.15) is 0 Å². The number of pyridine rings is 1. The molecule has 7 nitrogen and oxygen atoms in total. The minimum absolute atomic E-state index is 0.0984. The first-order valence-electron chi connectivity index (χ1n) is 9.04. The van der Waals surface area contributed by atoms with Crippen LogP contribution in [0, 0.1) is 0 Å². The Hall–Kier alpha value is -2.57. The smallest absolute Gasteiger partial charge is 0.410 e. The van der Waals surface area contributed by atoms with Crippen molar-refractivity contribution in [3.05, 3.63) is 24.8 Å². The van der Waals surface area contributed by atoms with E-state index in [1.165, 1.54) is 0 Å². The van der Waals surface area contributed by atoms with E-state index in [1.54, 1.807) is 4.90 Å². The maximum absolute atomic E-state index is 12.3. The van der Waals surface area contributed by atoms with Crippen molar-refractivity contribution in [2.24, 2.45) is 0 Å². The Balaban J connectivity index is 1.61. The van der Waals surface area contributed by atoms with Crippen LogP contribution in [0.4, 0.5) is 4.79 Å². The lowest BCUT2D eigenvalue weighted by molar-refractivity contribution is 0.0134. The number of imidazole rings is 1. The Morgan fingerprint density at radius 2 is 2.00 bits per heavy atom. The lowest BCUT2D eigenvalue weighted by atomic mass is 9.89. The van der Waals surface area contributed by atoms with E-state index in [0.717, 1.165) is 34.9 Å². The van der Waals surface area contributed by atoms with Gasteiger partial charge < -0.3 is 19.2 Å². The van der Waals surface area contributed by atoms with E-state index < -0.39 is 5.60 Å². The number of ether oxygens (including phenoxy) is 1. The van der Waals surface area contributed by atoms with Crippen LogP contribution >= 0.6 is 0 Å². The zero-order valence-corrected chi connectivity index (χ0v) is 15.7. The number of carbonyl (C=O) groups excluding carboxylic acids is 1. The summed E-state index contributed by atoms with van der Waals surface area (Å²) in [6, 6.07) is 2.04. The van der Waals surface area contributed by atoms with Gasteiger partial charge in [-0.3, -0.25) is 0 Å². The van der Waals surface area contributed by atoms with Gasteiger partial charge in [-0.05, 0) is 46.6 Å². The first-order chi connectivity index (χ1) is 12.3. The number of hydrogen-bond acceptors (Lipinski definition) is 4. The number of nitrogens with one attached hydrogen (secondary N) is 1. The van der Waals surface area contributed by atoms with E-state index in [-0.39, 0.29) is 11.6 Å². The molecule has 4 rings (SSSR count). The number of rotatable bonds is 1. The van der Waals surface area contributed by atoms with E-state index in [9.17, 15) is 4.79 Å². The van der Waals surface area contributed by atoms with Gasteiger partial charge in [-0.1, -0.05) is 0 Å². The van der Waals surface area contributed by atoms with Crippen LogP contribution in [0.1, 0.15) is 40.5 Å². The van der Waals surface area contributed by atoms with Crippen molar-refractivity contribution in [3.8, 4) is 0 Å². The highest BCUT2D eigenvalue weighted by Crippen LogP contribution is 2.35. The molecule has 138 valence electrons. The van der Waals surface area contributed by atoms with Crippen molar-refractivity contribution < 1.29 is 9.53 Å².